The molecule has 1 saturated heterocycles. The van der Waals surface area contributed by atoms with Crippen molar-refractivity contribution in [1.29, 1.82) is 0 Å². The van der Waals surface area contributed by atoms with Crippen LogP contribution in [0.25, 0.3) is 0 Å². The van der Waals surface area contributed by atoms with Crippen LogP contribution >= 0.6 is 0 Å². The predicted molar refractivity (Wildman–Crippen MR) is 70.8 cm³/mol. The van der Waals surface area contributed by atoms with Crippen LogP contribution < -0.4 is 10.6 Å². The Kier molecular flexibility index (Phi) is 4.20. The Morgan fingerprint density at radius 2 is 2.39 bits per heavy atom. The Morgan fingerprint density at radius 3 is 3.11 bits per heavy atom. The standard InChI is InChI=1S/C14H20N2O2/c1-10-12(5-2-6-13(10)17)14(18)16-9-7-11-4-3-8-15-11/h2,5-6,11,15,17H,3-4,7-9H2,1H3,(H,16,18)/t11-/m0/s1. The Balaban J connectivity index is 1.85. The average molecular weight is 248 g/mol. The number of benzene rings is 1. The average Bonchev–Trinajstić information content (AvgIpc) is 2.85. The number of aromatic hydroxyl groups is 1. The Bertz CT molecular complexity index is 426. The first-order chi connectivity index (χ1) is 8.68. The highest BCUT2D eigenvalue weighted by molar-refractivity contribution is 5.96. The van der Waals surface area contributed by atoms with Crippen LogP contribution in [0.2, 0.25) is 0 Å². The van der Waals surface area contributed by atoms with Gasteiger partial charge < -0.3 is 15.7 Å². The monoisotopic (exact) mass is 248 g/mol. The van der Waals surface area contributed by atoms with Gasteiger partial charge in [-0.25, -0.2) is 0 Å². The van der Waals surface area contributed by atoms with Crippen molar-refractivity contribution in [2.24, 2.45) is 0 Å². The van der Waals surface area contributed by atoms with Crippen molar-refractivity contribution >= 4 is 5.91 Å². The fraction of sp³-hybridized carbons (Fsp3) is 0.500. The number of nitrogens with one attached hydrogen (secondary N) is 2. The molecule has 98 valence electrons. The summed E-state index contributed by atoms with van der Waals surface area (Å²) in [5.74, 6) is 0.0570. The van der Waals surface area contributed by atoms with Crippen molar-refractivity contribution in [2.75, 3.05) is 13.1 Å². The van der Waals surface area contributed by atoms with E-state index >= 15 is 0 Å². The third-order valence-corrected chi connectivity index (χ3v) is 3.49. The number of hydrogen-bond acceptors (Lipinski definition) is 3. The molecule has 1 aliphatic heterocycles. The lowest BCUT2D eigenvalue weighted by Gasteiger charge is -2.12. The molecule has 0 saturated carbocycles. The molecule has 0 aliphatic carbocycles. The zero-order valence-corrected chi connectivity index (χ0v) is 10.7. The van der Waals surface area contributed by atoms with Gasteiger partial charge in [-0.3, -0.25) is 4.79 Å². The smallest absolute Gasteiger partial charge is 0.251 e. The quantitative estimate of drug-likeness (QED) is 0.758. The molecule has 1 atom stereocenters. The number of carbonyl (C=O) groups excluding carboxylic acids is 1. The molecule has 2 rings (SSSR count). The summed E-state index contributed by atoms with van der Waals surface area (Å²) >= 11 is 0. The zero-order chi connectivity index (χ0) is 13.0. The van der Waals surface area contributed by atoms with Crippen molar-refractivity contribution in [2.45, 2.75) is 32.2 Å². The number of carbonyl (C=O) groups is 1. The van der Waals surface area contributed by atoms with E-state index in [1.165, 1.54) is 12.8 Å². The minimum atomic E-state index is -0.110. The van der Waals surface area contributed by atoms with Crippen LogP contribution in [-0.2, 0) is 0 Å². The van der Waals surface area contributed by atoms with Crippen LogP contribution in [0.4, 0.5) is 0 Å². The summed E-state index contributed by atoms with van der Waals surface area (Å²) < 4.78 is 0. The molecule has 4 nitrogen and oxygen atoms in total. The molecule has 0 unspecified atom stereocenters. The molecule has 1 aliphatic rings. The maximum absolute atomic E-state index is 11.9. The Hall–Kier alpha value is -1.55. The minimum Gasteiger partial charge on any atom is -0.508 e. The summed E-state index contributed by atoms with van der Waals surface area (Å²) in [4.78, 5) is 11.9. The first kappa shape index (κ1) is 12.9. The fourth-order valence-electron chi connectivity index (χ4n) is 2.33. The van der Waals surface area contributed by atoms with Crippen molar-refractivity contribution < 1.29 is 9.90 Å². The number of phenols is 1. The summed E-state index contributed by atoms with van der Waals surface area (Å²) in [6, 6.07) is 5.55. The lowest BCUT2D eigenvalue weighted by molar-refractivity contribution is 0.0951. The summed E-state index contributed by atoms with van der Waals surface area (Å²) in [5, 5.41) is 15.9. The largest absolute Gasteiger partial charge is 0.508 e. The molecule has 3 N–H and O–H groups in total. The molecule has 18 heavy (non-hydrogen) atoms. The van der Waals surface area contributed by atoms with Crippen molar-refractivity contribution in [3.05, 3.63) is 29.3 Å². The van der Waals surface area contributed by atoms with Gasteiger partial charge in [-0.1, -0.05) is 6.07 Å². The van der Waals surface area contributed by atoms with Gasteiger partial charge in [0.25, 0.3) is 5.91 Å². The highest BCUT2D eigenvalue weighted by atomic mass is 16.3. The normalized spacial score (nSPS) is 18.8. The topological polar surface area (TPSA) is 61.4 Å². The van der Waals surface area contributed by atoms with E-state index in [9.17, 15) is 9.90 Å². The second-order valence-corrected chi connectivity index (χ2v) is 4.79. The number of rotatable bonds is 4. The van der Waals surface area contributed by atoms with Gasteiger partial charge in [0.1, 0.15) is 5.75 Å². The Labute approximate surface area is 107 Å². The molecule has 0 aromatic heterocycles. The van der Waals surface area contributed by atoms with E-state index in [2.05, 4.69) is 10.6 Å². The molecule has 1 aromatic rings. The molecule has 1 heterocycles. The van der Waals surface area contributed by atoms with Crippen molar-refractivity contribution in [1.82, 2.24) is 10.6 Å². The van der Waals surface area contributed by atoms with E-state index in [0.717, 1.165) is 13.0 Å². The van der Waals surface area contributed by atoms with Gasteiger partial charge in [0.05, 0.1) is 0 Å². The second-order valence-electron chi connectivity index (χ2n) is 4.79. The van der Waals surface area contributed by atoms with Crippen molar-refractivity contribution in [3.63, 3.8) is 0 Å². The number of hydrogen-bond donors (Lipinski definition) is 3. The van der Waals surface area contributed by atoms with Gasteiger partial charge in [-0.2, -0.15) is 0 Å². The SMILES string of the molecule is Cc1c(O)cccc1C(=O)NCC[C@@H]1CCCN1. The van der Waals surface area contributed by atoms with E-state index in [1.807, 2.05) is 0 Å². The molecule has 4 heteroatoms. The first-order valence-corrected chi connectivity index (χ1v) is 6.48. The van der Waals surface area contributed by atoms with Crippen LogP contribution in [0.5, 0.6) is 5.75 Å². The third kappa shape index (κ3) is 3.01. The molecule has 0 bridgehead atoms. The third-order valence-electron chi connectivity index (χ3n) is 3.49. The minimum absolute atomic E-state index is 0.110. The lowest BCUT2D eigenvalue weighted by atomic mass is 10.1. The predicted octanol–water partition coefficient (Wildman–Crippen LogP) is 1.57. The summed E-state index contributed by atoms with van der Waals surface area (Å²) in [6.45, 7) is 3.51. The van der Waals surface area contributed by atoms with E-state index < -0.39 is 0 Å². The molecule has 0 spiro atoms. The number of phenolic OH excluding ortho intramolecular Hbond substituents is 1. The summed E-state index contributed by atoms with van der Waals surface area (Å²) in [5.41, 5.74) is 1.18. The molecule has 1 amide bonds. The lowest BCUT2D eigenvalue weighted by Crippen LogP contribution is -2.30. The van der Waals surface area contributed by atoms with Crippen LogP contribution in [0.3, 0.4) is 0 Å². The summed E-state index contributed by atoms with van der Waals surface area (Å²) in [7, 11) is 0. The van der Waals surface area contributed by atoms with E-state index in [4.69, 9.17) is 0 Å². The van der Waals surface area contributed by atoms with E-state index in [1.54, 1.807) is 25.1 Å². The summed E-state index contributed by atoms with van der Waals surface area (Å²) in [6.07, 6.45) is 3.38. The highest BCUT2D eigenvalue weighted by Gasteiger charge is 2.15. The van der Waals surface area contributed by atoms with Gasteiger partial charge in [0.2, 0.25) is 0 Å². The highest BCUT2D eigenvalue weighted by Crippen LogP contribution is 2.19. The fourth-order valence-corrected chi connectivity index (χ4v) is 2.33. The molecule has 1 fully saturated rings. The molecular formula is C14H20N2O2. The van der Waals surface area contributed by atoms with Crippen LogP contribution in [-0.4, -0.2) is 30.1 Å². The van der Waals surface area contributed by atoms with Crippen molar-refractivity contribution in [3.8, 4) is 5.75 Å². The molecule has 1 aromatic carbocycles. The van der Waals surface area contributed by atoms with Gasteiger partial charge in [-0.05, 0) is 44.9 Å². The maximum Gasteiger partial charge on any atom is 0.251 e. The van der Waals surface area contributed by atoms with Crippen LogP contribution in [0.1, 0.15) is 35.2 Å². The van der Waals surface area contributed by atoms with Gasteiger partial charge in [0, 0.05) is 23.7 Å². The second kappa shape index (κ2) is 5.87. The molecule has 0 radical (unpaired) electrons. The maximum atomic E-state index is 11.9. The van der Waals surface area contributed by atoms with E-state index in [0.29, 0.717) is 23.7 Å². The van der Waals surface area contributed by atoms with Gasteiger partial charge in [0.15, 0.2) is 0 Å². The zero-order valence-electron chi connectivity index (χ0n) is 10.7. The number of amides is 1. The van der Waals surface area contributed by atoms with E-state index in [-0.39, 0.29) is 11.7 Å². The van der Waals surface area contributed by atoms with Gasteiger partial charge >= 0.3 is 0 Å². The Morgan fingerprint density at radius 1 is 1.56 bits per heavy atom. The first-order valence-electron chi connectivity index (χ1n) is 6.48. The van der Waals surface area contributed by atoms with Crippen LogP contribution in [0, 0.1) is 6.92 Å². The van der Waals surface area contributed by atoms with Crippen LogP contribution in [0.15, 0.2) is 18.2 Å². The molecular weight excluding hydrogens is 228 g/mol. The van der Waals surface area contributed by atoms with Gasteiger partial charge in [-0.15, -0.1) is 0 Å².